The second-order valence-corrected chi connectivity index (χ2v) is 16.9. The van der Waals surface area contributed by atoms with Crippen LogP contribution in [-0.4, -0.2) is 17.8 Å². The van der Waals surface area contributed by atoms with E-state index in [1.54, 1.807) is 0 Å². The summed E-state index contributed by atoms with van der Waals surface area (Å²) in [5.74, 6) is 2.18. The Kier molecular flexibility index (Phi) is 6.33. The first-order valence-electron chi connectivity index (χ1n) is 15.0. The highest BCUT2D eigenvalue weighted by Crippen LogP contribution is 2.58. The molecular weight excluding hydrogens is 565 g/mol. The number of nitrogens with zero attached hydrogens (tertiary/aromatic N) is 1. The minimum Gasteiger partial charge on any atom is -0.403 e. The Morgan fingerprint density at radius 3 is 1.91 bits per heavy atom. The molecule has 0 amide bonds. The summed E-state index contributed by atoms with van der Waals surface area (Å²) in [6.45, 7) is 4.66. The van der Waals surface area contributed by atoms with Crippen molar-refractivity contribution in [3.63, 3.8) is 0 Å². The van der Waals surface area contributed by atoms with Crippen molar-refractivity contribution < 1.29 is 8.39 Å². The van der Waals surface area contributed by atoms with Gasteiger partial charge < -0.3 is 8.39 Å². The zero-order valence-electron chi connectivity index (χ0n) is 24.7. The SMILES string of the molecule is CCS(C)(CC)c1cc2ccccc2c2c1op(N1c3ccccc3Cc3ccccc31)oc1ccc3ccccc3c12. The van der Waals surface area contributed by atoms with Crippen LogP contribution < -0.4 is 4.67 Å². The van der Waals surface area contributed by atoms with Gasteiger partial charge in [-0.3, -0.25) is 0 Å². The minimum atomic E-state index is -1.60. The lowest BCUT2D eigenvalue weighted by molar-refractivity contribution is 0.635. The topological polar surface area (TPSA) is 29.5 Å². The Hall–Kier alpha value is -4.11. The lowest BCUT2D eigenvalue weighted by Gasteiger charge is -2.35. The number of rotatable bonds is 4. The van der Waals surface area contributed by atoms with Gasteiger partial charge in [0.05, 0.1) is 11.4 Å². The molecule has 3 nitrogen and oxygen atoms in total. The molecule has 1 aliphatic rings. The zero-order valence-corrected chi connectivity index (χ0v) is 26.4. The van der Waals surface area contributed by atoms with E-state index in [4.69, 9.17) is 8.39 Å². The van der Waals surface area contributed by atoms with Crippen LogP contribution in [0.5, 0.6) is 0 Å². The molecule has 214 valence electrons. The molecule has 0 radical (unpaired) electrons. The van der Waals surface area contributed by atoms with Crippen LogP contribution in [0.15, 0.2) is 129 Å². The summed E-state index contributed by atoms with van der Waals surface area (Å²) in [7, 11) is -2.76. The first kappa shape index (κ1) is 26.5. The monoisotopic (exact) mass is 599 g/mol. The van der Waals surface area contributed by atoms with Gasteiger partial charge in [-0.1, -0.05) is 105 Å². The summed E-state index contributed by atoms with van der Waals surface area (Å²) < 4.78 is 16.9. The number of hydrogen-bond acceptors (Lipinski definition) is 3. The predicted molar refractivity (Wildman–Crippen MR) is 187 cm³/mol. The molecule has 6 aromatic carbocycles. The van der Waals surface area contributed by atoms with E-state index in [1.807, 2.05) is 0 Å². The van der Waals surface area contributed by atoms with E-state index in [2.05, 4.69) is 140 Å². The number of para-hydroxylation sites is 2. The third-order valence-corrected chi connectivity index (χ3v) is 14.6. The minimum absolute atomic E-state index is 0.871. The molecule has 0 saturated carbocycles. The van der Waals surface area contributed by atoms with E-state index in [0.717, 1.165) is 51.2 Å². The maximum Gasteiger partial charge on any atom is 0.346 e. The molecule has 0 spiro atoms. The van der Waals surface area contributed by atoms with E-state index in [0.29, 0.717) is 0 Å². The van der Waals surface area contributed by atoms with Gasteiger partial charge in [0, 0.05) is 22.1 Å². The molecule has 0 saturated heterocycles. The molecule has 1 unspecified atom stereocenters. The zero-order chi connectivity index (χ0) is 29.1. The average Bonchev–Trinajstić information content (AvgIpc) is 3.24. The Morgan fingerprint density at radius 2 is 1.23 bits per heavy atom. The van der Waals surface area contributed by atoms with Crippen molar-refractivity contribution in [2.75, 3.05) is 22.4 Å². The van der Waals surface area contributed by atoms with Crippen molar-refractivity contribution in [2.24, 2.45) is 0 Å². The number of benzene rings is 6. The summed E-state index contributed by atoms with van der Waals surface area (Å²) in [5, 5.41) is 7.12. The Bertz CT molecular complexity index is 2190. The summed E-state index contributed by atoms with van der Waals surface area (Å²) in [5.41, 5.74) is 6.74. The van der Waals surface area contributed by atoms with Crippen molar-refractivity contribution >= 4 is 73.1 Å². The van der Waals surface area contributed by atoms with Crippen molar-refractivity contribution in [3.05, 3.63) is 126 Å². The number of anilines is 2. The van der Waals surface area contributed by atoms with Crippen molar-refractivity contribution in [1.29, 1.82) is 0 Å². The molecule has 0 N–H and O–H groups in total. The van der Waals surface area contributed by atoms with Crippen LogP contribution >= 0.6 is 18.2 Å². The Balaban J connectivity index is 1.63. The molecule has 5 heteroatoms. The standard InChI is InChI=1S/C38H34NO2PS/c1-4-43(3,5-2)35-25-27-15-7-11-19-31(27)37-36-30-18-10-6-14-26(30)22-23-34(36)40-42(41-38(35)37)39-32-20-12-8-16-28(32)24-29-17-9-13-21-33(29)39/h6-23,25H,4-5,24H2,1-3H3. The number of fused-ring (bicyclic) bond motifs is 9. The van der Waals surface area contributed by atoms with Gasteiger partial charge in [-0.2, -0.15) is 0 Å². The normalized spacial score (nSPS) is 13.8. The highest BCUT2D eigenvalue weighted by Gasteiger charge is 2.29. The maximum atomic E-state index is 7.42. The van der Waals surface area contributed by atoms with Crippen LogP contribution in [0.1, 0.15) is 25.0 Å². The summed E-state index contributed by atoms with van der Waals surface area (Å²) >= 11 is 0. The van der Waals surface area contributed by atoms with E-state index in [9.17, 15) is 0 Å². The van der Waals surface area contributed by atoms with Gasteiger partial charge in [0.2, 0.25) is 0 Å². The molecule has 7 aromatic rings. The maximum absolute atomic E-state index is 7.42. The molecule has 43 heavy (non-hydrogen) atoms. The van der Waals surface area contributed by atoms with Gasteiger partial charge in [0.15, 0.2) is 5.58 Å². The lowest BCUT2D eigenvalue weighted by Crippen LogP contribution is -2.15. The van der Waals surface area contributed by atoms with Crippen LogP contribution in [0.3, 0.4) is 0 Å². The van der Waals surface area contributed by atoms with Gasteiger partial charge in [0.25, 0.3) is 0 Å². The Morgan fingerprint density at radius 1 is 0.651 bits per heavy atom. The summed E-state index contributed by atoms with van der Waals surface area (Å²) in [6.07, 6.45) is 3.36. The fraction of sp³-hybridized carbons (Fsp3) is 0.158. The predicted octanol–water partition coefficient (Wildman–Crippen LogP) is 11.9. The van der Waals surface area contributed by atoms with Crippen molar-refractivity contribution in [2.45, 2.75) is 25.2 Å². The lowest BCUT2D eigenvalue weighted by atomic mass is 9.97. The van der Waals surface area contributed by atoms with Gasteiger partial charge in [-0.15, -0.1) is 0 Å². The van der Waals surface area contributed by atoms with Gasteiger partial charge in [-0.05, 0) is 74.7 Å². The molecule has 2 heterocycles. The second kappa shape index (κ2) is 10.3. The number of hydrogen-bond donors (Lipinski definition) is 0. The van der Waals surface area contributed by atoms with Crippen LogP contribution in [0.2, 0.25) is 0 Å². The third-order valence-electron chi connectivity index (χ3n) is 9.24. The van der Waals surface area contributed by atoms with Crippen LogP contribution in [0.4, 0.5) is 11.4 Å². The Labute approximate surface area is 254 Å². The van der Waals surface area contributed by atoms with E-state index < -0.39 is 18.2 Å². The molecule has 1 aliphatic heterocycles. The van der Waals surface area contributed by atoms with Crippen molar-refractivity contribution in [3.8, 4) is 0 Å². The largest absolute Gasteiger partial charge is 0.403 e. The van der Waals surface area contributed by atoms with Crippen LogP contribution in [0, 0.1) is 0 Å². The van der Waals surface area contributed by atoms with Crippen molar-refractivity contribution in [1.82, 2.24) is 0 Å². The third kappa shape index (κ3) is 4.12. The fourth-order valence-electron chi connectivity index (χ4n) is 6.62. The van der Waals surface area contributed by atoms with Crippen LogP contribution in [-0.2, 0) is 6.42 Å². The quantitative estimate of drug-likeness (QED) is 0.202. The van der Waals surface area contributed by atoms with Gasteiger partial charge in [-0.25, -0.2) is 14.7 Å². The fourth-order valence-corrected chi connectivity index (χ4v) is 10.3. The van der Waals surface area contributed by atoms with E-state index in [1.165, 1.54) is 37.6 Å². The van der Waals surface area contributed by atoms with Gasteiger partial charge >= 0.3 is 8.16 Å². The van der Waals surface area contributed by atoms with E-state index in [-0.39, 0.29) is 0 Å². The highest BCUT2D eigenvalue weighted by molar-refractivity contribution is 8.33. The van der Waals surface area contributed by atoms with Gasteiger partial charge in [0.1, 0.15) is 5.58 Å². The highest BCUT2D eigenvalue weighted by atomic mass is 32.3. The summed E-state index contributed by atoms with van der Waals surface area (Å²) in [4.78, 5) is 1.33. The molecule has 1 aromatic heterocycles. The molecule has 0 bridgehead atoms. The smallest absolute Gasteiger partial charge is 0.346 e. The molecule has 1 atom stereocenters. The average molecular weight is 600 g/mol. The second-order valence-electron chi connectivity index (χ2n) is 11.5. The molecule has 0 aliphatic carbocycles. The summed E-state index contributed by atoms with van der Waals surface area (Å²) in [6, 6.07) is 41.6. The molecule has 8 rings (SSSR count). The first-order valence-corrected chi connectivity index (χ1v) is 18.5. The van der Waals surface area contributed by atoms with E-state index >= 15 is 0 Å². The van der Waals surface area contributed by atoms with Crippen LogP contribution in [0.25, 0.3) is 43.5 Å². The molecular formula is C38H34NO2PS. The first-order chi connectivity index (χ1) is 21.1. The molecule has 0 fully saturated rings.